The Labute approximate surface area is 102 Å². The van der Waals surface area contributed by atoms with E-state index in [0.29, 0.717) is 6.04 Å². The van der Waals surface area contributed by atoms with Gasteiger partial charge in [-0.15, -0.1) is 0 Å². The normalized spacial score (nSPS) is 12.6. The lowest BCUT2D eigenvalue weighted by atomic mass is 10.1. The van der Waals surface area contributed by atoms with Gasteiger partial charge in [0.15, 0.2) is 0 Å². The molecule has 0 fully saturated rings. The molecule has 1 aromatic carbocycles. The first-order valence-electron chi connectivity index (χ1n) is 6.04. The molecule has 1 atom stereocenters. The highest BCUT2D eigenvalue weighted by Crippen LogP contribution is 2.28. The van der Waals surface area contributed by atoms with Crippen molar-refractivity contribution < 1.29 is 0 Å². The number of hydrogen-bond donors (Lipinski definition) is 1. The van der Waals surface area contributed by atoms with Crippen LogP contribution in [0.15, 0.2) is 30.5 Å². The Hall–Kier alpha value is -1.77. The molecule has 1 unspecified atom stereocenters. The van der Waals surface area contributed by atoms with E-state index in [4.69, 9.17) is 5.73 Å². The van der Waals surface area contributed by atoms with Gasteiger partial charge in [-0.3, -0.25) is 4.68 Å². The third-order valence-corrected chi connectivity index (χ3v) is 3.20. The molecule has 2 N–H and O–H groups in total. The third kappa shape index (κ3) is 2.18. The molecular weight excluding hydrogens is 210 g/mol. The Kier molecular flexibility index (Phi) is 3.18. The lowest BCUT2D eigenvalue weighted by Gasteiger charge is -2.08. The van der Waals surface area contributed by atoms with Gasteiger partial charge in [-0.2, -0.15) is 5.10 Å². The van der Waals surface area contributed by atoms with Crippen LogP contribution >= 0.6 is 0 Å². The summed E-state index contributed by atoms with van der Waals surface area (Å²) in [6.45, 7) is 6.38. The summed E-state index contributed by atoms with van der Waals surface area (Å²) in [5.41, 5.74) is 10.0. The summed E-state index contributed by atoms with van der Waals surface area (Å²) in [6.07, 6.45) is 2.98. The number of nitrogen functional groups attached to an aromatic ring is 1. The van der Waals surface area contributed by atoms with Gasteiger partial charge < -0.3 is 5.73 Å². The van der Waals surface area contributed by atoms with Gasteiger partial charge in [0.05, 0.1) is 5.69 Å². The molecule has 2 rings (SSSR count). The van der Waals surface area contributed by atoms with E-state index in [0.717, 1.165) is 23.4 Å². The highest BCUT2D eigenvalue weighted by molar-refractivity contribution is 5.74. The van der Waals surface area contributed by atoms with Crippen LogP contribution in [0.2, 0.25) is 0 Å². The van der Waals surface area contributed by atoms with E-state index in [-0.39, 0.29) is 0 Å². The van der Waals surface area contributed by atoms with Crippen LogP contribution in [0.3, 0.4) is 0 Å². The van der Waals surface area contributed by atoms with Gasteiger partial charge in [0.25, 0.3) is 0 Å². The molecule has 17 heavy (non-hydrogen) atoms. The molecule has 1 aromatic heterocycles. The summed E-state index contributed by atoms with van der Waals surface area (Å²) in [7, 11) is 0. The van der Waals surface area contributed by atoms with Crippen LogP contribution in [-0.2, 0) is 0 Å². The van der Waals surface area contributed by atoms with Crippen molar-refractivity contribution in [1.82, 2.24) is 9.78 Å². The van der Waals surface area contributed by atoms with E-state index >= 15 is 0 Å². The van der Waals surface area contributed by atoms with Gasteiger partial charge in [0, 0.05) is 17.8 Å². The summed E-state index contributed by atoms with van der Waals surface area (Å²) >= 11 is 0. The molecule has 0 bridgehead atoms. The van der Waals surface area contributed by atoms with E-state index in [1.807, 2.05) is 23.0 Å². The van der Waals surface area contributed by atoms with Crippen LogP contribution in [0.4, 0.5) is 5.69 Å². The number of rotatable bonds is 3. The van der Waals surface area contributed by atoms with Crippen molar-refractivity contribution in [1.29, 1.82) is 0 Å². The van der Waals surface area contributed by atoms with Crippen LogP contribution in [0.1, 0.15) is 31.9 Å². The molecule has 0 saturated carbocycles. The first-order chi connectivity index (χ1) is 8.13. The van der Waals surface area contributed by atoms with E-state index < -0.39 is 0 Å². The molecule has 0 aliphatic heterocycles. The van der Waals surface area contributed by atoms with Gasteiger partial charge in [0.2, 0.25) is 0 Å². The van der Waals surface area contributed by atoms with E-state index in [2.05, 4.69) is 38.0 Å². The average molecular weight is 229 g/mol. The number of benzene rings is 1. The number of aryl methyl sites for hydroxylation is 1. The Balaban J connectivity index is 2.47. The maximum atomic E-state index is 6.05. The molecular formula is C14H19N3. The minimum Gasteiger partial charge on any atom is -0.396 e. The monoisotopic (exact) mass is 229 g/mol. The predicted molar refractivity (Wildman–Crippen MR) is 71.8 cm³/mol. The highest BCUT2D eigenvalue weighted by atomic mass is 15.3. The lowest BCUT2D eigenvalue weighted by Crippen LogP contribution is -2.04. The fraction of sp³-hybridized carbons (Fsp3) is 0.357. The largest absolute Gasteiger partial charge is 0.396 e. The standard InChI is InChI=1S/C14H19N3/c1-4-11(3)17-9-13(15)14(16-17)12-8-6-5-7-10(12)2/h5-9,11H,4,15H2,1-3H3. The number of hydrogen-bond acceptors (Lipinski definition) is 2. The topological polar surface area (TPSA) is 43.8 Å². The van der Waals surface area contributed by atoms with Gasteiger partial charge in [-0.1, -0.05) is 31.2 Å². The predicted octanol–water partition coefficient (Wildman–Crippen LogP) is 3.41. The van der Waals surface area contributed by atoms with Crippen molar-refractivity contribution in [2.75, 3.05) is 5.73 Å². The second kappa shape index (κ2) is 4.62. The van der Waals surface area contributed by atoms with Crippen LogP contribution < -0.4 is 5.73 Å². The number of nitrogens with zero attached hydrogens (tertiary/aromatic N) is 2. The molecule has 1 heterocycles. The quantitative estimate of drug-likeness (QED) is 0.876. The highest BCUT2D eigenvalue weighted by Gasteiger charge is 2.12. The summed E-state index contributed by atoms with van der Waals surface area (Å²) in [5.74, 6) is 0. The molecule has 0 aliphatic rings. The third-order valence-electron chi connectivity index (χ3n) is 3.20. The first kappa shape index (κ1) is 11.7. The SMILES string of the molecule is CCC(C)n1cc(N)c(-c2ccccc2C)n1. The summed E-state index contributed by atoms with van der Waals surface area (Å²) in [5, 5.41) is 4.60. The minimum absolute atomic E-state index is 0.384. The fourth-order valence-corrected chi connectivity index (χ4v) is 1.87. The Morgan fingerprint density at radius 3 is 2.71 bits per heavy atom. The number of aromatic nitrogens is 2. The molecule has 90 valence electrons. The Morgan fingerprint density at radius 1 is 1.35 bits per heavy atom. The Bertz CT molecular complexity index is 514. The lowest BCUT2D eigenvalue weighted by molar-refractivity contribution is 0.479. The minimum atomic E-state index is 0.384. The van der Waals surface area contributed by atoms with Crippen molar-refractivity contribution in [3.8, 4) is 11.3 Å². The average Bonchev–Trinajstić information content (AvgIpc) is 2.71. The van der Waals surface area contributed by atoms with Crippen molar-refractivity contribution in [3.63, 3.8) is 0 Å². The number of anilines is 1. The van der Waals surface area contributed by atoms with E-state index in [1.165, 1.54) is 5.56 Å². The Morgan fingerprint density at radius 2 is 2.06 bits per heavy atom. The molecule has 0 spiro atoms. The maximum absolute atomic E-state index is 6.05. The van der Waals surface area contributed by atoms with Crippen LogP contribution in [0.5, 0.6) is 0 Å². The fourth-order valence-electron chi connectivity index (χ4n) is 1.87. The van der Waals surface area contributed by atoms with Gasteiger partial charge in [-0.05, 0) is 25.8 Å². The van der Waals surface area contributed by atoms with Crippen LogP contribution in [0.25, 0.3) is 11.3 Å². The zero-order chi connectivity index (χ0) is 12.4. The van der Waals surface area contributed by atoms with Crippen LogP contribution in [-0.4, -0.2) is 9.78 Å². The van der Waals surface area contributed by atoms with Gasteiger partial charge >= 0.3 is 0 Å². The van der Waals surface area contributed by atoms with E-state index in [9.17, 15) is 0 Å². The van der Waals surface area contributed by atoms with Crippen molar-refractivity contribution in [2.24, 2.45) is 0 Å². The number of nitrogens with two attached hydrogens (primary N) is 1. The zero-order valence-corrected chi connectivity index (χ0v) is 10.6. The molecule has 0 aliphatic carbocycles. The van der Waals surface area contributed by atoms with Crippen LogP contribution in [0, 0.1) is 6.92 Å². The summed E-state index contributed by atoms with van der Waals surface area (Å²) < 4.78 is 1.96. The smallest absolute Gasteiger partial charge is 0.115 e. The molecule has 3 heteroatoms. The van der Waals surface area contributed by atoms with Gasteiger partial charge in [0.1, 0.15) is 5.69 Å². The second-order valence-corrected chi connectivity index (χ2v) is 4.49. The maximum Gasteiger partial charge on any atom is 0.115 e. The first-order valence-corrected chi connectivity index (χ1v) is 6.04. The molecule has 0 amide bonds. The van der Waals surface area contributed by atoms with Gasteiger partial charge in [-0.25, -0.2) is 0 Å². The van der Waals surface area contributed by atoms with Crippen molar-refractivity contribution in [3.05, 3.63) is 36.0 Å². The van der Waals surface area contributed by atoms with Crippen molar-refractivity contribution in [2.45, 2.75) is 33.2 Å². The second-order valence-electron chi connectivity index (χ2n) is 4.49. The van der Waals surface area contributed by atoms with E-state index in [1.54, 1.807) is 0 Å². The molecule has 3 nitrogen and oxygen atoms in total. The molecule has 0 radical (unpaired) electrons. The summed E-state index contributed by atoms with van der Waals surface area (Å²) in [6, 6.07) is 8.58. The molecule has 0 saturated heterocycles. The molecule has 2 aromatic rings. The zero-order valence-electron chi connectivity index (χ0n) is 10.6. The van der Waals surface area contributed by atoms with Crippen molar-refractivity contribution >= 4 is 5.69 Å². The summed E-state index contributed by atoms with van der Waals surface area (Å²) in [4.78, 5) is 0.